The van der Waals surface area contributed by atoms with E-state index in [2.05, 4.69) is 5.32 Å². The number of hydrogen-bond acceptors (Lipinski definition) is 3. The van der Waals surface area contributed by atoms with Crippen molar-refractivity contribution in [2.45, 2.75) is 6.92 Å². The van der Waals surface area contributed by atoms with Gasteiger partial charge in [0.1, 0.15) is 6.07 Å². The first-order valence-corrected chi connectivity index (χ1v) is 5.71. The van der Waals surface area contributed by atoms with E-state index in [1.807, 2.05) is 6.07 Å². The molecule has 100 valence electrons. The molecule has 0 fully saturated rings. The first-order valence-electron chi connectivity index (χ1n) is 5.71. The minimum absolute atomic E-state index is 0.0349. The summed E-state index contributed by atoms with van der Waals surface area (Å²) in [5.74, 6) is -1.64. The van der Waals surface area contributed by atoms with E-state index < -0.39 is 17.9 Å². The Morgan fingerprint density at radius 1 is 1.47 bits per heavy atom. The highest BCUT2D eigenvalue weighted by Crippen LogP contribution is 2.17. The maximum Gasteiger partial charge on any atom is 0.321 e. The van der Waals surface area contributed by atoms with Crippen molar-refractivity contribution in [1.82, 2.24) is 5.32 Å². The zero-order chi connectivity index (χ0) is 14.4. The number of carboxylic acids is 1. The van der Waals surface area contributed by atoms with Gasteiger partial charge in [0.15, 0.2) is 0 Å². The Morgan fingerprint density at radius 3 is 2.68 bits per heavy atom. The van der Waals surface area contributed by atoms with Gasteiger partial charge >= 0.3 is 12.0 Å². The average molecular weight is 261 g/mol. The second-order valence-electron chi connectivity index (χ2n) is 4.11. The van der Waals surface area contributed by atoms with Gasteiger partial charge in [-0.05, 0) is 12.1 Å². The summed E-state index contributed by atoms with van der Waals surface area (Å²) >= 11 is 0. The van der Waals surface area contributed by atoms with Crippen LogP contribution >= 0.6 is 0 Å². The fraction of sp³-hybridized carbons (Fsp3) is 0.308. The van der Waals surface area contributed by atoms with Crippen LogP contribution in [0.3, 0.4) is 0 Å². The summed E-state index contributed by atoms with van der Waals surface area (Å²) < 4.78 is 0. The smallest absolute Gasteiger partial charge is 0.321 e. The van der Waals surface area contributed by atoms with E-state index in [1.54, 1.807) is 24.3 Å². The van der Waals surface area contributed by atoms with Crippen molar-refractivity contribution in [3.63, 3.8) is 0 Å². The van der Waals surface area contributed by atoms with Crippen LogP contribution < -0.4 is 10.2 Å². The number of urea groups is 1. The van der Waals surface area contributed by atoms with Gasteiger partial charge in [-0.1, -0.05) is 19.1 Å². The van der Waals surface area contributed by atoms with Gasteiger partial charge < -0.3 is 10.4 Å². The first kappa shape index (κ1) is 14.5. The molecule has 6 nitrogen and oxygen atoms in total. The van der Waals surface area contributed by atoms with Gasteiger partial charge in [0.2, 0.25) is 0 Å². The van der Waals surface area contributed by atoms with E-state index >= 15 is 0 Å². The molecule has 1 atom stereocenters. The summed E-state index contributed by atoms with van der Waals surface area (Å²) in [6, 6.07) is 8.24. The fourth-order valence-electron chi connectivity index (χ4n) is 1.42. The lowest BCUT2D eigenvalue weighted by Gasteiger charge is -2.19. The van der Waals surface area contributed by atoms with Crippen LogP contribution in [0, 0.1) is 17.2 Å². The number of nitriles is 1. The summed E-state index contributed by atoms with van der Waals surface area (Å²) in [5.41, 5.74) is 0.858. The topological polar surface area (TPSA) is 93.4 Å². The molecule has 0 aliphatic heterocycles. The van der Waals surface area contributed by atoms with Gasteiger partial charge in [-0.2, -0.15) is 5.26 Å². The molecule has 19 heavy (non-hydrogen) atoms. The average Bonchev–Trinajstić information content (AvgIpc) is 2.43. The highest BCUT2D eigenvalue weighted by atomic mass is 16.4. The Morgan fingerprint density at radius 2 is 2.11 bits per heavy atom. The lowest BCUT2D eigenvalue weighted by atomic mass is 10.2. The fourth-order valence-corrected chi connectivity index (χ4v) is 1.42. The number of para-hydroxylation sites is 1. The maximum absolute atomic E-state index is 11.9. The Hall–Kier alpha value is -2.55. The van der Waals surface area contributed by atoms with Crippen LogP contribution in [0.1, 0.15) is 12.5 Å². The van der Waals surface area contributed by atoms with Crippen LogP contribution in [-0.4, -0.2) is 30.7 Å². The highest BCUT2D eigenvalue weighted by Gasteiger charge is 2.16. The third kappa shape index (κ3) is 3.71. The van der Waals surface area contributed by atoms with Crippen molar-refractivity contribution in [1.29, 1.82) is 5.26 Å². The van der Waals surface area contributed by atoms with Crippen molar-refractivity contribution >= 4 is 17.7 Å². The molecule has 0 aliphatic carbocycles. The van der Waals surface area contributed by atoms with Crippen LogP contribution in [0.5, 0.6) is 0 Å². The number of nitrogens with one attached hydrogen (secondary N) is 1. The molecular weight excluding hydrogens is 246 g/mol. The molecule has 0 radical (unpaired) electrons. The van der Waals surface area contributed by atoms with Gasteiger partial charge in [-0.3, -0.25) is 9.69 Å². The number of rotatable bonds is 4. The molecular formula is C13H15N3O3. The number of carbonyl (C=O) groups is 2. The van der Waals surface area contributed by atoms with Gasteiger partial charge in [0, 0.05) is 13.6 Å². The van der Waals surface area contributed by atoms with Crippen LogP contribution in [0.4, 0.5) is 10.5 Å². The molecule has 1 aromatic rings. The Balaban J connectivity index is 2.72. The lowest BCUT2D eigenvalue weighted by Crippen LogP contribution is -2.40. The normalized spacial score (nSPS) is 11.2. The van der Waals surface area contributed by atoms with Gasteiger partial charge in [-0.15, -0.1) is 0 Å². The summed E-state index contributed by atoms with van der Waals surface area (Å²) in [7, 11) is 1.52. The quantitative estimate of drug-likeness (QED) is 0.857. The highest BCUT2D eigenvalue weighted by molar-refractivity contribution is 5.93. The molecule has 0 bridgehead atoms. The molecule has 0 saturated carbocycles. The maximum atomic E-state index is 11.9. The van der Waals surface area contributed by atoms with Gasteiger partial charge in [0.25, 0.3) is 0 Å². The predicted octanol–water partition coefficient (Wildman–Crippen LogP) is 1.42. The van der Waals surface area contributed by atoms with E-state index in [0.29, 0.717) is 11.3 Å². The Labute approximate surface area is 111 Å². The van der Waals surface area contributed by atoms with E-state index in [0.717, 1.165) is 0 Å². The largest absolute Gasteiger partial charge is 0.481 e. The number of anilines is 1. The number of carbonyl (C=O) groups excluding carboxylic acids is 1. The van der Waals surface area contributed by atoms with E-state index in [1.165, 1.54) is 18.9 Å². The van der Waals surface area contributed by atoms with Crippen molar-refractivity contribution in [2.75, 3.05) is 18.5 Å². The standard InChI is InChI=1S/C13H15N3O3/c1-9(12(17)18)8-15-13(19)16(2)11-6-4-3-5-10(11)7-14/h3-6,9H,8H2,1-2H3,(H,15,19)(H,17,18). The molecule has 0 spiro atoms. The van der Waals surface area contributed by atoms with Crippen LogP contribution in [-0.2, 0) is 4.79 Å². The van der Waals surface area contributed by atoms with Crippen LogP contribution in [0.25, 0.3) is 0 Å². The zero-order valence-corrected chi connectivity index (χ0v) is 10.8. The van der Waals surface area contributed by atoms with Crippen LogP contribution in [0.15, 0.2) is 24.3 Å². The van der Waals surface area contributed by atoms with Gasteiger partial charge in [-0.25, -0.2) is 4.79 Å². The summed E-state index contributed by atoms with van der Waals surface area (Å²) in [6.07, 6.45) is 0. The summed E-state index contributed by atoms with van der Waals surface area (Å²) in [6.45, 7) is 1.54. The summed E-state index contributed by atoms with van der Waals surface area (Å²) in [5, 5.41) is 20.2. The molecule has 0 heterocycles. The molecule has 1 rings (SSSR count). The molecule has 1 unspecified atom stereocenters. The third-order valence-electron chi connectivity index (χ3n) is 2.67. The molecule has 1 aromatic carbocycles. The number of aliphatic carboxylic acids is 1. The van der Waals surface area contributed by atoms with E-state index in [4.69, 9.17) is 10.4 Å². The number of amides is 2. The predicted molar refractivity (Wildman–Crippen MR) is 69.8 cm³/mol. The molecule has 2 N–H and O–H groups in total. The minimum atomic E-state index is -0.972. The number of hydrogen-bond donors (Lipinski definition) is 2. The van der Waals surface area contributed by atoms with E-state index in [-0.39, 0.29) is 6.54 Å². The summed E-state index contributed by atoms with van der Waals surface area (Å²) in [4.78, 5) is 23.8. The first-order chi connectivity index (χ1) is 8.97. The second kappa shape index (κ2) is 6.40. The van der Waals surface area contributed by atoms with Crippen molar-refractivity contribution in [3.05, 3.63) is 29.8 Å². The van der Waals surface area contributed by atoms with Crippen LogP contribution in [0.2, 0.25) is 0 Å². The van der Waals surface area contributed by atoms with Crippen molar-refractivity contribution in [3.8, 4) is 6.07 Å². The molecule has 0 saturated heterocycles. The zero-order valence-electron chi connectivity index (χ0n) is 10.8. The molecule has 0 aliphatic rings. The number of nitrogens with zero attached hydrogens (tertiary/aromatic N) is 2. The second-order valence-corrected chi connectivity index (χ2v) is 4.11. The monoisotopic (exact) mass is 261 g/mol. The number of carboxylic acid groups (broad SMARTS) is 1. The van der Waals surface area contributed by atoms with Crippen molar-refractivity contribution in [2.24, 2.45) is 5.92 Å². The Bertz CT molecular complexity index is 522. The molecule has 6 heteroatoms. The van der Waals surface area contributed by atoms with E-state index in [9.17, 15) is 9.59 Å². The number of benzene rings is 1. The molecule has 2 amide bonds. The minimum Gasteiger partial charge on any atom is -0.481 e. The third-order valence-corrected chi connectivity index (χ3v) is 2.67. The van der Waals surface area contributed by atoms with Crippen molar-refractivity contribution < 1.29 is 14.7 Å². The SMILES string of the molecule is CC(CNC(=O)N(C)c1ccccc1C#N)C(=O)O. The molecule has 0 aromatic heterocycles. The Kier molecular flexibility index (Phi) is 4.89. The lowest BCUT2D eigenvalue weighted by molar-refractivity contribution is -0.140. The van der Waals surface area contributed by atoms with Gasteiger partial charge in [0.05, 0.1) is 17.2 Å².